The SMILES string of the molecule is COc1ccc(O)cc1Cc1c[nH]c(=O)s1. The third kappa shape index (κ3) is 2.25. The molecule has 1 aromatic carbocycles. The molecular weight excluding hydrogens is 226 g/mol. The minimum atomic E-state index is -0.0749. The van der Waals surface area contributed by atoms with Crippen LogP contribution in [0.4, 0.5) is 0 Å². The predicted molar refractivity (Wildman–Crippen MR) is 62.4 cm³/mol. The molecule has 84 valence electrons. The molecule has 2 aromatic rings. The number of H-pyrrole nitrogens is 1. The van der Waals surface area contributed by atoms with Crippen LogP contribution in [0.5, 0.6) is 11.5 Å². The number of methoxy groups -OCH3 is 1. The van der Waals surface area contributed by atoms with Crippen molar-refractivity contribution in [3.8, 4) is 11.5 Å². The Morgan fingerprint density at radius 2 is 2.31 bits per heavy atom. The van der Waals surface area contributed by atoms with Crippen LogP contribution in [-0.4, -0.2) is 17.2 Å². The molecule has 0 fully saturated rings. The van der Waals surface area contributed by atoms with Crippen LogP contribution in [0.15, 0.2) is 29.2 Å². The van der Waals surface area contributed by atoms with Crippen LogP contribution in [0.1, 0.15) is 10.4 Å². The van der Waals surface area contributed by atoms with E-state index in [1.807, 2.05) is 0 Å². The molecule has 0 radical (unpaired) electrons. The van der Waals surface area contributed by atoms with Crippen molar-refractivity contribution in [1.82, 2.24) is 4.98 Å². The zero-order chi connectivity index (χ0) is 11.5. The van der Waals surface area contributed by atoms with Gasteiger partial charge in [-0.05, 0) is 18.2 Å². The number of phenols is 1. The lowest BCUT2D eigenvalue weighted by atomic mass is 10.1. The molecular formula is C11H11NO3S. The maximum absolute atomic E-state index is 11.0. The number of ether oxygens (including phenoxy) is 1. The van der Waals surface area contributed by atoms with Crippen molar-refractivity contribution in [2.45, 2.75) is 6.42 Å². The molecule has 0 aliphatic rings. The second-order valence-electron chi connectivity index (χ2n) is 3.32. The minimum absolute atomic E-state index is 0.0749. The van der Waals surface area contributed by atoms with E-state index < -0.39 is 0 Å². The molecule has 0 atom stereocenters. The first-order valence-corrected chi connectivity index (χ1v) is 5.54. The Morgan fingerprint density at radius 1 is 1.50 bits per heavy atom. The molecule has 2 rings (SSSR count). The van der Waals surface area contributed by atoms with Crippen LogP contribution in [0.3, 0.4) is 0 Å². The highest BCUT2D eigenvalue weighted by molar-refractivity contribution is 7.09. The molecule has 0 aliphatic carbocycles. The smallest absolute Gasteiger partial charge is 0.304 e. The van der Waals surface area contributed by atoms with E-state index in [1.165, 1.54) is 0 Å². The number of aromatic nitrogens is 1. The van der Waals surface area contributed by atoms with Crippen LogP contribution in [0, 0.1) is 0 Å². The number of nitrogens with one attached hydrogen (secondary N) is 1. The van der Waals surface area contributed by atoms with E-state index in [1.54, 1.807) is 31.5 Å². The van der Waals surface area contributed by atoms with Gasteiger partial charge in [0.1, 0.15) is 11.5 Å². The molecule has 4 nitrogen and oxygen atoms in total. The molecule has 0 unspecified atom stereocenters. The molecule has 5 heteroatoms. The number of aromatic amines is 1. The molecule has 0 aliphatic heterocycles. The number of hydrogen-bond acceptors (Lipinski definition) is 4. The summed E-state index contributed by atoms with van der Waals surface area (Å²) >= 11 is 1.16. The van der Waals surface area contributed by atoms with E-state index in [9.17, 15) is 9.90 Å². The van der Waals surface area contributed by atoms with Crippen LogP contribution >= 0.6 is 11.3 Å². The van der Waals surface area contributed by atoms with Crippen molar-refractivity contribution in [3.63, 3.8) is 0 Å². The van der Waals surface area contributed by atoms with Crippen LogP contribution in [-0.2, 0) is 6.42 Å². The van der Waals surface area contributed by atoms with E-state index in [4.69, 9.17) is 4.74 Å². The Bertz CT molecular complexity index is 544. The summed E-state index contributed by atoms with van der Waals surface area (Å²) in [6, 6.07) is 4.92. The van der Waals surface area contributed by atoms with Gasteiger partial charge in [-0.3, -0.25) is 4.79 Å². The third-order valence-corrected chi connectivity index (χ3v) is 3.03. The van der Waals surface area contributed by atoms with Gasteiger partial charge in [0.2, 0.25) is 0 Å². The molecule has 2 N–H and O–H groups in total. The number of hydrogen-bond donors (Lipinski definition) is 2. The average Bonchev–Trinajstić information content (AvgIpc) is 2.64. The van der Waals surface area contributed by atoms with Crippen LogP contribution in [0.2, 0.25) is 0 Å². The topological polar surface area (TPSA) is 62.3 Å². The van der Waals surface area contributed by atoms with Crippen molar-refractivity contribution in [3.05, 3.63) is 44.5 Å². The van der Waals surface area contributed by atoms with Crippen molar-refractivity contribution in [2.24, 2.45) is 0 Å². The Morgan fingerprint density at radius 3 is 2.94 bits per heavy atom. The fraction of sp³-hybridized carbons (Fsp3) is 0.182. The predicted octanol–water partition coefficient (Wildman–Crippen LogP) is 1.74. The van der Waals surface area contributed by atoms with E-state index in [2.05, 4.69) is 4.98 Å². The van der Waals surface area contributed by atoms with Gasteiger partial charge in [0, 0.05) is 23.1 Å². The number of phenolic OH excluding ortho intramolecular Hbond substituents is 1. The number of rotatable bonds is 3. The summed E-state index contributed by atoms with van der Waals surface area (Å²) in [7, 11) is 1.58. The molecule has 16 heavy (non-hydrogen) atoms. The monoisotopic (exact) mass is 237 g/mol. The van der Waals surface area contributed by atoms with Gasteiger partial charge in [0.05, 0.1) is 7.11 Å². The third-order valence-electron chi connectivity index (χ3n) is 2.20. The van der Waals surface area contributed by atoms with Gasteiger partial charge >= 0.3 is 4.87 Å². The Labute approximate surface area is 96.1 Å². The van der Waals surface area contributed by atoms with Gasteiger partial charge in [-0.25, -0.2) is 0 Å². The molecule has 0 spiro atoms. The molecule has 0 amide bonds. The van der Waals surface area contributed by atoms with E-state index in [0.29, 0.717) is 12.2 Å². The standard InChI is InChI=1S/C11H11NO3S/c1-15-10-3-2-8(13)4-7(10)5-9-6-12-11(14)16-9/h2-4,6,13H,5H2,1H3,(H,12,14). The van der Waals surface area contributed by atoms with Gasteiger partial charge in [-0.15, -0.1) is 0 Å². The van der Waals surface area contributed by atoms with E-state index >= 15 is 0 Å². The maximum Gasteiger partial charge on any atom is 0.304 e. The highest BCUT2D eigenvalue weighted by Crippen LogP contribution is 2.25. The van der Waals surface area contributed by atoms with Gasteiger partial charge in [0.25, 0.3) is 0 Å². The molecule has 0 saturated heterocycles. The molecule has 1 heterocycles. The zero-order valence-electron chi connectivity index (χ0n) is 8.69. The normalized spacial score (nSPS) is 10.3. The highest BCUT2D eigenvalue weighted by Gasteiger charge is 2.07. The molecule has 0 bridgehead atoms. The lowest BCUT2D eigenvalue weighted by Gasteiger charge is -2.07. The van der Waals surface area contributed by atoms with Crippen molar-refractivity contribution in [2.75, 3.05) is 7.11 Å². The van der Waals surface area contributed by atoms with Crippen molar-refractivity contribution < 1.29 is 9.84 Å². The number of thiazole rings is 1. The summed E-state index contributed by atoms with van der Waals surface area (Å²) in [4.78, 5) is 14.4. The Balaban J connectivity index is 2.32. The maximum atomic E-state index is 11.0. The zero-order valence-corrected chi connectivity index (χ0v) is 9.50. The van der Waals surface area contributed by atoms with Crippen molar-refractivity contribution in [1.29, 1.82) is 0 Å². The summed E-state index contributed by atoms with van der Waals surface area (Å²) in [5.74, 6) is 0.900. The average molecular weight is 237 g/mol. The quantitative estimate of drug-likeness (QED) is 0.854. The molecule has 0 saturated carbocycles. The fourth-order valence-corrected chi connectivity index (χ4v) is 2.20. The van der Waals surface area contributed by atoms with Gasteiger partial charge in [-0.1, -0.05) is 11.3 Å². The lowest BCUT2D eigenvalue weighted by Crippen LogP contribution is -1.92. The first-order valence-electron chi connectivity index (χ1n) is 4.72. The first-order chi connectivity index (χ1) is 7.69. The number of benzene rings is 1. The fourth-order valence-electron chi connectivity index (χ4n) is 1.50. The molecule has 1 aromatic heterocycles. The van der Waals surface area contributed by atoms with Crippen molar-refractivity contribution >= 4 is 11.3 Å². The van der Waals surface area contributed by atoms with Gasteiger partial charge in [0.15, 0.2) is 0 Å². The lowest BCUT2D eigenvalue weighted by molar-refractivity contribution is 0.408. The van der Waals surface area contributed by atoms with Gasteiger partial charge in [-0.2, -0.15) is 0 Å². The summed E-state index contributed by atoms with van der Waals surface area (Å²) in [6.45, 7) is 0. The van der Waals surface area contributed by atoms with Gasteiger partial charge < -0.3 is 14.8 Å². The largest absolute Gasteiger partial charge is 0.508 e. The number of aromatic hydroxyl groups is 1. The summed E-state index contributed by atoms with van der Waals surface area (Å²) in [5.41, 5.74) is 0.859. The van der Waals surface area contributed by atoms with Crippen LogP contribution < -0.4 is 9.61 Å². The summed E-state index contributed by atoms with van der Waals surface area (Å²) in [5, 5.41) is 9.39. The van der Waals surface area contributed by atoms with E-state index in [-0.39, 0.29) is 10.6 Å². The summed E-state index contributed by atoms with van der Waals surface area (Å²) in [6.07, 6.45) is 2.25. The van der Waals surface area contributed by atoms with E-state index in [0.717, 1.165) is 21.8 Å². The second-order valence-corrected chi connectivity index (χ2v) is 4.42. The highest BCUT2D eigenvalue weighted by atomic mass is 32.1. The first kappa shape index (κ1) is 10.8. The van der Waals surface area contributed by atoms with Crippen LogP contribution in [0.25, 0.3) is 0 Å². The second kappa shape index (κ2) is 4.40. The summed E-state index contributed by atoms with van der Waals surface area (Å²) < 4.78 is 5.18. The minimum Gasteiger partial charge on any atom is -0.508 e. The Hall–Kier alpha value is -1.75. The Kier molecular flexibility index (Phi) is 2.96.